The van der Waals surface area contributed by atoms with Crippen LogP contribution in [0.3, 0.4) is 0 Å². The van der Waals surface area contributed by atoms with Gasteiger partial charge in [-0.05, 0) is 72.3 Å². The zero-order valence-corrected chi connectivity index (χ0v) is 21.2. The number of benzene rings is 3. The van der Waals surface area contributed by atoms with Crippen molar-refractivity contribution < 1.29 is 13.2 Å². The Bertz CT molecular complexity index is 1260. The summed E-state index contributed by atoms with van der Waals surface area (Å²) in [4.78, 5) is 0. The molecule has 0 saturated heterocycles. The Morgan fingerprint density at radius 1 is 1.03 bits per heavy atom. The Hall–Kier alpha value is -2.38. The van der Waals surface area contributed by atoms with E-state index in [2.05, 4.69) is 34.3 Å². The van der Waals surface area contributed by atoms with Gasteiger partial charge < -0.3 is 10.1 Å². The Balaban J connectivity index is 1.26. The third-order valence-electron chi connectivity index (χ3n) is 7.28. The summed E-state index contributed by atoms with van der Waals surface area (Å²) in [5.41, 5.74) is 4.79. The average molecular weight is 511 g/mol. The first kappa shape index (κ1) is 24.3. The van der Waals surface area contributed by atoms with E-state index in [1.807, 2.05) is 48.5 Å². The molecule has 0 spiro atoms. The minimum Gasteiger partial charge on any atom is -0.492 e. The molecule has 1 saturated carbocycles. The molecular formula is C28H31ClN2O3S. The van der Waals surface area contributed by atoms with E-state index >= 15 is 0 Å². The second-order valence-corrected chi connectivity index (χ2v) is 11.7. The second-order valence-electron chi connectivity index (χ2n) is 9.50. The second kappa shape index (κ2) is 10.3. The molecule has 7 heteroatoms. The van der Waals surface area contributed by atoms with Gasteiger partial charge >= 0.3 is 0 Å². The molecule has 2 aliphatic rings. The van der Waals surface area contributed by atoms with Gasteiger partial charge in [-0.3, -0.25) is 0 Å². The lowest BCUT2D eigenvalue weighted by atomic mass is 9.58. The van der Waals surface area contributed by atoms with Crippen LogP contribution in [0.15, 0.2) is 72.8 Å². The lowest BCUT2D eigenvalue weighted by molar-refractivity contribution is 0.164. The van der Waals surface area contributed by atoms with Crippen molar-refractivity contribution >= 4 is 21.6 Å². The van der Waals surface area contributed by atoms with Crippen LogP contribution in [-0.4, -0.2) is 28.1 Å². The molecule has 0 radical (unpaired) electrons. The average Bonchev–Trinajstić information content (AvgIpc) is 2.83. The van der Waals surface area contributed by atoms with Crippen LogP contribution < -0.4 is 14.8 Å². The maximum atomic E-state index is 12.4. The smallest absolute Gasteiger partial charge is 0.215 e. The zero-order valence-electron chi connectivity index (χ0n) is 19.7. The van der Waals surface area contributed by atoms with Crippen molar-refractivity contribution in [3.8, 4) is 5.75 Å². The van der Waals surface area contributed by atoms with E-state index in [1.165, 1.54) is 23.1 Å². The van der Waals surface area contributed by atoms with E-state index in [-0.39, 0.29) is 30.4 Å². The Kier molecular flexibility index (Phi) is 7.17. The molecule has 1 unspecified atom stereocenters. The number of fused-ring (bicyclic) bond motifs is 1. The standard InChI is InChI=1S/C28H31ClN2O3S/c29-24-10-8-23(9-11-24)28(14-4-15-28)27-26-19-25(12-7-22(26)13-16-30-27)34-18-17-31-35(32,33)20-21-5-2-1-3-6-21/h1-3,5-12,19,27,30-31H,4,13-18,20H2. The summed E-state index contributed by atoms with van der Waals surface area (Å²) in [6.07, 6.45) is 4.48. The van der Waals surface area contributed by atoms with Crippen LogP contribution in [0.25, 0.3) is 0 Å². The molecule has 0 aromatic heterocycles. The van der Waals surface area contributed by atoms with E-state index < -0.39 is 10.0 Å². The van der Waals surface area contributed by atoms with Gasteiger partial charge in [-0.1, -0.05) is 66.6 Å². The first-order valence-electron chi connectivity index (χ1n) is 12.2. The maximum absolute atomic E-state index is 12.4. The van der Waals surface area contributed by atoms with Crippen LogP contribution in [0, 0.1) is 0 Å². The van der Waals surface area contributed by atoms with Gasteiger partial charge in [0.15, 0.2) is 0 Å². The first-order chi connectivity index (χ1) is 17.0. The molecule has 5 rings (SSSR count). The molecule has 0 amide bonds. The monoisotopic (exact) mass is 510 g/mol. The summed E-state index contributed by atoms with van der Waals surface area (Å²) in [7, 11) is -3.41. The van der Waals surface area contributed by atoms with E-state index in [9.17, 15) is 8.42 Å². The molecule has 1 atom stereocenters. The number of sulfonamides is 1. The molecule has 1 heterocycles. The number of ether oxygens (including phenoxy) is 1. The fraction of sp³-hybridized carbons (Fsp3) is 0.357. The van der Waals surface area contributed by atoms with Crippen LogP contribution in [0.2, 0.25) is 5.02 Å². The van der Waals surface area contributed by atoms with Crippen LogP contribution in [-0.2, 0) is 27.6 Å². The number of halogens is 1. The largest absolute Gasteiger partial charge is 0.492 e. The number of hydrogen-bond acceptors (Lipinski definition) is 4. The summed E-state index contributed by atoms with van der Waals surface area (Å²) in [5.74, 6) is 0.734. The Morgan fingerprint density at radius 3 is 2.51 bits per heavy atom. The van der Waals surface area contributed by atoms with Crippen molar-refractivity contribution in [2.45, 2.75) is 42.9 Å². The molecule has 5 nitrogen and oxygen atoms in total. The predicted octanol–water partition coefficient (Wildman–Crippen LogP) is 5.15. The first-order valence-corrected chi connectivity index (χ1v) is 14.2. The summed E-state index contributed by atoms with van der Waals surface area (Å²) in [6.45, 7) is 1.45. The number of rotatable bonds is 9. The Labute approximate surface area is 212 Å². The quantitative estimate of drug-likeness (QED) is 0.391. The van der Waals surface area contributed by atoms with E-state index in [1.54, 1.807) is 0 Å². The zero-order chi connectivity index (χ0) is 24.3. The highest BCUT2D eigenvalue weighted by molar-refractivity contribution is 7.88. The van der Waals surface area contributed by atoms with Crippen molar-refractivity contribution in [3.05, 3.63) is 100 Å². The summed E-state index contributed by atoms with van der Waals surface area (Å²) < 4.78 is 33.4. The van der Waals surface area contributed by atoms with Crippen LogP contribution in [0.5, 0.6) is 5.75 Å². The van der Waals surface area contributed by atoms with E-state index in [0.29, 0.717) is 0 Å². The molecule has 2 N–H and O–H groups in total. The molecule has 1 aliphatic carbocycles. The van der Waals surface area contributed by atoms with Crippen molar-refractivity contribution in [3.63, 3.8) is 0 Å². The van der Waals surface area contributed by atoms with Crippen molar-refractivity contribution in [2.24, 2.45) is 0 Å². The summed E-state index contributed by atoms with van der Waals surface area (Å²) in [6, 6.07) is 24.0. The summed E-state index contributed by atoms with van der Waals surface area (Å²) in [5, 5.41) is 4.55. The lowest BCUT2D eigenvalue weighted by Gasteiger charge is -2.50. The van der Waals surface area contributed by atoms with Crippen LogP contribution in [0.4, 0.5) is 0 Å². The van der Waals surface area contributed by atoms with Gasteiger partial charge in [0.2, 0.25) is 10.0 Å². The summed E-state index contributed by atoms with van der Waals surface area (Å²) >= 11 is 6.16. The third kappa shape index (κ3) is 5.41. The topological polar surface area (TPSA) is 67.4 Å². The molecule has 0 bridgehead atoms. The lowest BCUT2D eigenvalue weighted by Crippen LogP contribution is -2.49. The van der Waals surface area contributed by atoms with Crippen molar-refractivity contribution in [1.29, 1.82) is 0 Å². The van der Waals surface area contributed by atoms with Gasteiger partial charge in [-0.2, -0.15) is 0 Å². The molecule has 184 valence electrons. The number of hydrogen-bond donors (Lipinski definition) is 2. The number of nitrogens with one attached hydrogen (secondary N) is 2. The van der Waals surface area contributed by atoms with E-state index in [4.69, 9.17) is 16.3 Å². The van der Waals surface area contributed by atoms with Crippen molar-refractivity contribution in [2.75, 3.05) is 19.7 Å². The minimum absolute atomic E-state index is 0.0349. The van der Waals surface area contributed by atoms with Gasteiger partial charge in [-0.25, -0.2) is 13.1 Å². The molecule has 1 fully saturated rings. The van der Waals surface area contributed by atoms with Gasteiger partial charge in [0.1, 0.15) is 12.4 Å². The van der Waals surface area contributed by atoms with Crippen molar-refractivity contribution in [1.82, 2.24) is 10.0 Å². The highest BCUT2D eigenvalue weighted by Gasteiger charge is 2.47. The normalized spacial score (nSPS) is 18.9. The highest BCUT2D eigenvalue weighted by Crippen LogP contribution is 2.53. The molecular weight excluding hydrogens is 480 g/mol. The molecule has 3 aromatic carbocycles. The molecule has 3 aromatic rings. The SMILES string of the molecule is O=S(=O)(Cc1ccccc1)NCCOc1ccc2c(c1)C(C1(c3ccc(Cl)cc3)CCC1)NCC2. The fourth-order valence-corrected chi connectivity index (χ4v) is 6.66. The third-order valence-corrected chi connectivity index (χ3v) is 8.89. The predicted molar refractivity (Wildman–Crippen MR) is 140 cm³/mol. The fourth-order valence-electron chi connectivity index (χ4n) is 5.41. The van der Waals surface area contributed by atoms with E-state index in [0.717, 1.165) is 42.1 Å². The van der Waals surface area contributed by atoms with Gasteiger partial charge in [0.05, 0.1) is 5.75 Å². The Morgan fingerprint density at radius 2 is 1.80 bits per heavy atom. The van der Waals surface area contributed by atoms with Gasteiger partial charge in [-0.15, -0.1) is 0 Å². The highest BCUT2D eigenvalue weighted by atomic mass is 35.5. The van der Waals surface area contributed by atoms with Crippen LogP contribution in [0.1, 0.15) is 47.6 Å². The van der Waals surface area contributed by atoms with Gasteiger partial charge in [0.25, 0.3) is 0 Å². The van der Waals surface area contributed by atoms with Gasteiger partial charge in [0, 0.05) is 23.0 Å². The minimum atomic E-state index is -3.41. The van der Waals surface area contributed by atoms with Crippen LogP contribution >= 0.6 is 11.6 Å². The molecule has 35 heavy (non-hydrogen) atoms. The molecule has 1 aliphatic heterocycles. The maximum Gasteiger partial charge on any atom is 0.215 e.